The quantitative estimate of drug-likeness (QED) is 0.706. The van der Waals surface area contributed by atoms with Gasteiger partial charge in [0.1, 0.15) is 0 Å². The van der Waals surface area contributed by atoms with Crippen LogP contribution in [0.25, 0.3) is 0 Å². The Morgan fingerprint density at radius 1 is 1.31 bits per heavy atom. The number of hydrogen-bond donors (Lipinski definition) is 1. The molecule has 0 saturated heterocycles. The Labute approximate surface area is 76.5 Å². The van der Waals surface area contributed by atoms with Crippen molar-refractivity contribution in [3.8, 4) is 0 Å². The predicted octanol–water partition coefficient (Wildman–Crippen LogP) is 1.95. The summed E-state index contributed by atoms with van der Waals surface area (Å²) in [6.07, 6.45) is -4.95. The van der Waals surface area contributed by atoms with Crippen LogP contribution >= 0.6 is 0 Å². The maximum Gasteiger partial charge on any atom is 0.390 e. The van der Waals surface area contributed by atoms with Gasteiger partial charge in [-0.15, -0.1) is 0 Å². The number of halogens is 3. The summed E-state index contributed by atoms with van der Waals surface area (Å²) in [7, 11) is 0. The van der Waals surface area contributed by atoms with E-state index in [2.05, 4.69) is 5.32 Å². The monoisotopic (exact) mass is 199 g/mol. The van der Waals surface area contributed by atoms with Gasteiger partial charge in [-0.05, 0) is 13.5 Å². The van der Waals surface area contributed by atoms with Crippen molar-refractivity contribution in [2.45, 2.75) is 32.5 Å². The largest absolute Gasteiger partial charge is 0.390 e. The molecule has 2 nitrogen and oxygen atoms in total. The molecule has 0 saturated carbocycles. The molecule has 0 aromatic rings. The van der Waals surface area contributed by atoms with Crippen molar-refractivity contribution in [3.63, 3.8) is 0 Å². The third-order valence-corrected chi connectivity index (χ3v) is 1.49. The van der Waals surface area contributed by atoms with Crippen molar-refractivity contribution in [1.82, 2.24) is 5.32 Å². The highest BCUT2D eigenvalue weighted by Gasteiger charge is 2.31. The van der Waals surface area contributed by atoms with Crippen LogP contribution < -0.4 is 5.32 Å². The first-order valence-corrected chi connectivity index (χ1v) is 4.37. The summed E-state index contributed by atoms with van der Waals surface area (Å²) in [5, 5.41) is 2.73. The van der Waals surface area contributed by atoms with Crippen molar-refractivity contribution >= 4 is 0 Å². The lowest BCUT2D eigenvalue weighted by Crippen LogP contribution is -2.37. The topological polar surface area (TPSA) is 21.3 Å². The minimum Gasteiger partial charge on any atom is -0.380 e. The molecule has 0 aliphatic heterocycles. The zero-order valence-electron chi connectivity index (χ0n) is 7.95. The average Bonchev–Trinajstić information content (AvgIpc) is 1.98. The van der Waals surface area contributed by atoms with Gasteiger partial charge < -0.3 is 10.1 Å². The van der Waals surface area contributed by atoms with Gasteiger partial charge in [0.25, 0.3) is 0 Å². The third-order valence-electron chi connectivity index (χ3n) is 1.49. The van der Waals surface area contributed by atoms with Crippen molar-refractivity contribution in [2.24, 2.45) is 0 Å². The van der Waals surface area contributed by atoms with Gasteiger partial charge in [-0.25, -0.2) is 0 Å². The van der Waals surface area contributed by atoms with Gasteiger partial charge in [0.05, 0.1) is 13.0 Å². The number of rotatable bonds is 6. The molecular formula is C8H16F3NO. The highest BCUT2D eigenvalue weighted by atomic mass is 19.4. The van der Waals surface area contributed by atoms with E-state index in [-0.39, 0.29) is 6.61 Å². The first-order valence-electron chi connectivity index (χ1n) is 4.37. The molecule has 0 bridgehead atoms. The number of ether oxygens (including phenoxy) is 1. The highest BCUT2D eigenvalue weighted by molar-refractivity contribution is 4.69. The molecule has 1 unspecified atom stereocenters. The van der Waals surface area contributed by atoms with E-state index >= 15 is 0 Å². The SMILES string of the molecule is CCNC(COCC)CC(F)(F)F. The van der Waals surface area contributed by atoms with Gasteiger partial charge in [0.2, 0.25) is 0 Å². The average molecular weight is 199 g/mol. The lowest BCUT2D eigenvalue weighted by molar-refractivity contribution is -0.143. The lowest BCUT2D eigenvalue weighted by Gasteiger charge is -2.18. The normalized spacial score (nSPS) is 14.5. The Morgan fingerprint density at radius 2 is 1.92 bits per heavy atom. The highest BCUT2D eigenvalue weighted by Crippen LogP contribution is 2.21. The molecule has 0 aliphatic rings. The van der Waals surface area contributed by atoms with Crippen LogP contribution in [-0.4, -0.2) is 32.0 Å². The zero-order valence-corrected chi connectivity index (χ0v) is 7.95. The van der Waals surface area contributed by atoms with Gasteiger partial charge in [-0.1, -0.05) is 6.92 Å². The van der Waals surface area contributed by atoms with Gasteiger partial charge >= 0.3 is 6.18 Å². The van der Waals surface area contributed by atoms with E-state index in [1.54, 1.807) is 13.8 Å². The Balaban J connectivity index is 3.79. The summed E-state index contributed by atoms with van der Waals surface area (Å²) in [4.78, 5) is 0. The third kappa shape index (κ3) is 8.05. The predicted molar refractivity (Wildman–Crippen MR) is 44.6 cm³/mol. The van der Waals surface area contributed by atoms with Gasteiger partial charge in [-0.2, -0.15) is 13.2 Å². The van der Waals surface area contributed by atoms with E-state index in [1.807, 2.05) is 0 Å². The molecular weight excluding hydrogens is 183 g/mol. The lowest BCUT2D eigenvalue weighted by atomic mass is 10.2. The molecule has 80 valence electrons. The molecule has 0 amide bonds. The summed E-state index contributed by atoms with van der Waals surface area (Å²) >= 11 is 0. The van der Waals surface area contributed by atoms with Crippen LogP contribution in [-0.2, 0) is 4.74 Å². The molecule has 0 rings (SSSR count). The van der Waals surface area contributed by atoms with Crippen LogP contribution in [0.4, 0.5) is 13.2 Å². The molecule has 5 heteroatoms. The van der Waals surface area contributed by atoms with Crippen LogP contribution in [0.15, 0.2) is 0 Å². The van der Waals surface area contributed by atoms with Crippen LogP contribution in [0.1, 0.15) is 20.3 Å². The van der Waals surface area contributed by atoms with E-state index in [0.717, 1.165) is 0 Å². The van der Waals surface area contributed by atoms with Crippen molar-refractivity contribution < 1.29 is 17.9 Å². The van der Waals surface area contributed by atoms with Crippen molar-refractivity contribution in [3.05, 3.63) is 0 Å². The molecule has 0 heterocycles. The summed E-state index contributed by atoms with van der Waals surface area (Å²) in [5.74, 6) is 0. The second kappa shape index (κ2) is 6.21. The molecule has 0 aromatic carbocycles. The molecule has 0 aromatic heterocycles. The number of alkyl halides is 3. The van der Waals surface area contributed by atoms with E-state index in [4.69, 9.17) is 4.74 Å². The van der Waals surface area contributed by atoms with Crippen molar-refractivity contribution in [2.75, 3.05) is 19.8 Å². The summed E-state index contributed by atoms with van der Waals surface area (Å²) in [5.41, 5.74) is 0. The Morgan fingerprint density at radius 3 is 2.31 bits per heavy atom. The number of nitrogens with one attached hydrogen (secondary N) is 1. The fraction of sp³-hybridized carbons (Fsp3) is 1.00. The zero-order chi connectivity index (χ0) is 10.3. The van der Waals surface area contributed by atoms with E-state index in [1.165, 1.54) is 0 Å². The molecule has 0 fully saturated rings. The number of hydrogen-bond acceptors (Lipinski definition) is 2. The molecule has 0 radical (unpaired) electrons. The van der Waals surface area contributed by atoms with Gasteiger partial charge in [0.15, 0.2) is 0 Å². The molecule has 0 spiro atoms. The molecule has 0 aliphatic carbocycles. The Kier molecular flexibility index (Phi) is 6.07. The fourth-order valence-corrected chi connectivity index (χ4v) is 1.02. The van der Waals surface area contributed by atoms with Gasteiger partial charge in [0, 0.05) is 12.6 Å². The number of likely N-dealkylation sites (N-methyl/N-ethyl adjacent to an activating group) is 1. The molecule has 1 atom stereocenters. The van der Waals surface area contributed by atoms with E-state index in [9.17, 15) is 13.2 Å². The van der Waals surface area contributed by atoms with E-state index in [0.29, 0.717) is 13.2 Å². The first kappa shape index (κ1) is 12.7. The van der Waals surface area contributed by atoms with Crippen LogP contribution in [0.5, 0.6) is 0 Å². The van der Waals surface area contributed by atoms with Crippen LogP contribution in [0, 0.1) is 0 Å². The minimum absolute atomic E-state index is 0.115. The Hall–Kier alpha value is -0.290. The first-order chi connectivity index (χ1) is 5.99. The van der Waals surface area contributed by atoms with Crippen LogP contribution in [0.3, 0.4) is 0 Å². The van der Waals surface area contributed by atoms with Crippen LogP contribution in [0.2, 0.25) is 0 Å². The second-order valence-electron chi connectivity index (χ2n) is 2.73. The minimum atomic E-state index is -4.12. The maximum atomic E-state index is 12.0. The Bertz CT molecular complexity index is 127. The summed E-state index contributed by atoms with van der Waals surface area (Å²) < 4.78 is 40.8. The standard InChI is InChI=1S/C8H16F3NO/c1-3-12-7(6-13-4-2)5-8(9,10)11/h7,12H,3-6H2,1-2H3. The van der Waals surface area contributed by atoms with Gasteiger partial charge in [-0.3, -0.25) is 0 Å². The smallest absolute Gasteiger partial charge is 0.380 e. The van der Waals surface area contributed by atoms with E-state index < -0.39 is 18.6 Å². The fourth-order valence-electron chi connectivity index (χ4n) is 1.02. The molecule has 1 N–H and O–H groups in total. The maximum absolute atomic E-state index is 12.0. The molecule has 13 heavy (non-hydrogen) atoms. The summed E-state index contributed by atoms with van der Waals surface area (Å²) in [6, 6.07) is -0.620. The summed E-state index contributed by atoms with van der Waals surface area (Å²) in [6.45, 7) is 4.61. The van der Waals surface area contributed by atoms with Crippen molar-refractivity contribution in [1.29, 1.82) is 0 Å². The second-order valence-corrected chi connectivity index (χ2v) is 2.73.